The third-order valence-corrected chi connectivity index (χ3v) is 4.42. The number of rotatable bonds is 6. The third-order valence-electron chi connectivity index (χ3n) is 2.75. The number of aromatic nitrogens is 2. The average molecular weight is 340 g/mol. The van der Waals surface area contributed by atoms with Crippen molar-refractivity contribution < 1.29 is 0 Å². The molecule has 0 aliphatic carbocycles. The highest BCUT2D eigenvalue weighted by molar-refractivity contribution is 9.10. The van der Waals surface area contributed by atoms with Gasteiger partial charge >= 0.3 is 0 Å². The third kappa shape index (κ3) is 4.09. The fraction of sp³-hybridized carbons (Fsp3) is 0.357. The van der Waals surface area contributed by atoms with Gasteiger partial charge in [0.15, 0.2) is 5.16 Å². The molecule has 1 aromatic carbocycles. The Morgan fingerprint density at radius 3 is 2.95 bits per heavy atom. The van der Waals surface area contributed by atoms with Crippen LogP contribution in [0.15, 0.2) is 45.1 Å². The SMILES string of the molecule is CCCNCc1ccc(Br)cc1Sc1nccn1C. The summed E-state index contributed by atoms with van der Waals surface area (Å²) in [6.07, 6.45) is 4.95. The number of benzene rings is 1. The van der Waals surface area contributed by atoms with Crippen LogP contribution in [-0.4, -0.2) is 16.1 Å². The average Bonchev–Trinajstić information content (AvgIpc) is 2.78. The zero-order valence-corrected chi connectivity index (χ0v) is 13.6. The van der Waals surface area contributed by atoms with Crippen LogP contribution < -0.4 is 5.32 Å². The van der Waals surface area contributed by atoms with Crippen LogP contribution in [-0.2, 0) is 13.6 Å². The molecular formula is C14H18BrN3S. The highest BCUT2D eigenvalue weighted by Crippen LogP contribution is 2.31. The summed E-state index contributed by atoms with van der Waals surface area (Å²) in [7, 11) is 2.02. The van der Waals surface area contributed by atoms with Gasteiger partial charge in [0, 0.05) is 35.4 Å². The van der Waals surface area contributed by atoms with Crippen LogP contribution >= 0.6 is 27.7 Å². The van der Waals surface area contributed by atoms with E-state index in [2.05, 4.69) is 51.4 Å². The summed E-state index contributed by atoms with van der Waals surface area (Å²) in [5, 5.41) is 4.46. The minimum Gasteiger partial charge on any atom is -0.329 e. The van der Waals surface area contributed by atoms with E-state index in [0.717, 1.165) is 29.1 Å². The Hall–Kier alpha value is -0.780. The molecule has 1 heterocycles. The zero-order chi connectivity index (χ0) is 13.7. The lowest BCUT2D eigenvalue weighted by molar-refractivity contribution is 0.669. The van der Waals surface area contributed by atoms with Crippen LogP contribution in [0.25, 0.3) is 0 Å². The molecule has 102 valence electrons. The van der Waals surface area contributed by atoms with Gasteiger partial charge in [-0.25, -0.2) is 4.98 Å². The number of halogens is 1. The molecule has 2 aromatic rings. The summed E-state index contributed by atoms with van der Waals surface area (Å²) in [5.41, 5.74) is 1.31. The van der Waals surface area contributed by atoms with Crippen molar-refractivity contribution in [2.45, 2.75) is 29.9 Å². The van der Waals surface area contributed by atoms with Gasteiger partial charge < -0.3 is 9.88 Å². The van der Waals surface area contributed by atoms with Crippen molar-refractivity contribution in [1.82, 2.24) is 14.9 Å². The number of nitrogens with zero attached hydrogens (tertiary/aromatic N) is 2. The Morgan fingerprint density at radius 2 is 2.26 bits per heavy atom. The number of hydrogen-bond donors (Lipinski definition) is 1. The maximum atomic E-state index is 4.37. The number of imidazole rings is 1. The molecular weight excluding hydrogens is 322 g/mol. The van der Waals surface area contributed by atoms with Gasteiger partial charge in [0.2, 0.25) is 0 Å². The predicted molar refractivity (Wildman–Crippen MR) is 83.5 cm³/mol. The van der Waals surface area contributed by atoms with Gasteiger partial charge in [0.25, 0.3) is 0 Å². The molecule has 2 rings (SSSR count). The molecule has 0 atom stereocenters. The molecule has 3 nitrogen and oxygen atoms in total. The molecule has 1 aromatic heterocycles. The first-order valence-electron chi connectivity index (χ1n) is 6.35. The molecule has 0 bridgehead atoms. The quantitative estimate of drug-likeness (QED) is 0.811. The molecule has 0 aliphatic rings. The number of hydrogen-bond acceptors (Lipinski definition) is 3. The van der Waals surface area contributed by atoms with E-state index in [1.54, 1.807) is 11.8 Å². The summed E-state index contributed by atoms with van der Waals surface area (Å²) in [6.45, 7) is 4.12. The largest absolute Gasteiger partial charge is 0.329 e. The first-order chi connectivity index (χ1) is 9.20. The Labute approximate surface area is 126 Å². The van der Waals surface area contributed by atoms with Crippen molar-refractivity contribution in [2.24, 2.45) is 7.05 Å². The van der Waals surface area contributed by atoms with Crippen molar-refractivity contribution in [3.05, 3.63) is 40.6 Å². The maximum Gasteiger partial charge on any atom is 0.172 e. The molecule has 0 spiro atoms. The van der Waals surface area contributed by atoms with E-state index >= 15 is 0 Å². The van der Waals surface area contributed by atoms with Crippen molar-refractivity contribution in [1.29, 1.82) is 0 Å². The maximum absolute atomic E-state index is 4.37. The first kappa shape index (κ1) is 14.6. The first-order valence-corrected chi connectivity index (χ1v) is 7.96. The molecule has 0 radical (unpaired) electrons. The second-order valence-corrected chi connectivity index (χ2v) is 6.28. The Balaban J connectivity index is 2.17. The fourth-order valence-corrected chi connectivity index (χ4v) is 3.20. The molecule has 1 N–H and O–H groups in total. The lowest BCUT2D eigenvalue weighted by Crippen LogP contribution is -2.14. The highest BCUT2D eigenvalue weighted by Gasteiger charge is 2.08. The van der Waals surface area contributed by atoms with Crippen LogP contribution in [0.1, 0.15) is 18.9 Å². The smallest absolute Gasteiger partial charge is 0.172 e. The van der Waals surface area contributed by atoms with E-state index in [4.69, 9.17) is 0 Å². The number of nitrogens with one attached hydrogen (secondary N) is 1. The highest BCUT2D eigenvalue weighted by atomic mass is 79.9. The normalized spacial score (nSPS) is 10.9. The Morgan fingerprint density at radius 1 is 1.42 bits per heavy atom. The van der Waals surface area contributed by atoms with Crippen LogP contribution in [0.4, 0.5) is 0 Å². The minimum atomic E-state index is 0.897. The standard InChI is InChI=1S/C14H18BrN3S/c1-3-6-16-10-11-4-5-12(15)9-13(11)19-14-17-7-8-18(14)2/h4-5,7-9,16H,3,6,10H2,1-2H3. The second kappa shape index (κ2) is 7.12. The summed E-state index contributed by atoms with van der Waals surface area (Å²) in [6, 6.07) is 6.41. The zero-order valence-electron chi connectivity index (χ0n) is 11.2. The molecule has 0 aliphatic heterocycles. The molecule has 19 heavy (non-hydrogen) atoms. The van der Waals surface area contributed by atoms with E-state index in [-0.39, 0.29) is 0 Å². The van der Waals surface area contributed by atoms with Crippen LogP contribution in [0, 0.1) is 0 Å². The van der Waals surface area contributed by atoms with Gasteiger partial charge in [-0.1, -0.05) is 40.7 Å². The van der Waals surface area contributed by atoms with Crippen molar-refractivity contribution >= 4 is 27.7 Å². The van der Waals surface area contributed by atoms with Gasteiger partial charge in [-0.15, -0.1) is 0 Å². The molecule has 0 saturated heterocycles. The monoisotopic (exact) mass is 339 g/mol. The van der Waals surface area contributed by atoms with E-state index < -0.39 is 0 Å². The van der Waals surface area contributed by atoms with E-state index in [1.807, 2.05) is 24.0 Å². The van der Waals surface area contributed by atoms with Gasteiger partial charge in [0.05, 0.1) is 0 Å². The van der Waals surface area contributed by atoms with Gasteiger partial charge in [-0.2, -0.15) is 0 Å². The van der Waals surface area contributed by atoms with Gasteiger partial charge in [-0.3, -0.25) is 0 Å². The molecule has 0 saturated carbocycles. The topological polar surface area (TPSA) is 29.9 Å². The number of aryl methyl sites for hydroxylation is 1. The summed E-state index contributed by atoms with van der Waals surface area (Å²) in [4.78, 5) is 5.61. The Bertz CT molecular complexity index is 539. The van der Waals surface area contributed by atoms with Gasteiger partial charge in [0.1, 0.15) is 0 Å². The lowest BCUT2D eigenvalue weighted by atomic mass is 10.2. The van der Waals surface area contributed by atoms with E-state index in [9.17, 15) is 0 Å². The van der Waals surface area contributed by atoms with Crippen molar-refractivity contribution in [3.8, 4) is 0 Å². The van der Waals surface area contributed by atoms with E-state index in [0.29, 0.717) is 0 Å². The Kier molecular flexibility index (Phi) is 5.48. The molecule has 0 unspecified atom stereocenters. The van der Waals surface area contributed by atoms with Crippen molar-refractivity contribution in [2.75, 3.05) is 6.54 Å². The summed E-state index contributed by atoms with van der Waals surface area (Å²) >= 11 is 5.24. The fourth-order valence-electron chi connectivity index (χ4n) is 1.72. The summed E-state index contributed by atoms with van der Waals surface area (Å²) in [5.74, 6) is 0. The van der Waals surface area contributed by atoms with Crippen LogP contribution in [0.2, 0.25) is 0 Å². The minimum absolute atomic E-state index is 0.897. The van der Waals surface area contributed by atoms with Gasteiger partial charge in [-0.05, 0) is 30.7 Å². The second-order valence-electron chi connectivity index (χ2n) is 4.35. The van der Waals surface area contributed by atoms with Crippen LogP contribution in [0.3, 0.4) is 0 Å². The molecule has 0 amide bonds. The summed E-state index contributed by atoms with van der Waals surface area (Å²) < 4.78 is 3.14. The van der Waals surface area contributed by atoms with Crippen LogP contribution in [0.5, 0.6) is 0 Å². The van der Waals surface area contributed by atoms with E-state index in [1.165, 1.54) is 10.5 Å². The lowest BCUT2D eigenvalue weighted by Gasteiger charge is -2.10. The predicted octanol–water partition coefficient (Wildman–Crippen LogP) is 3.83. The molecule has 0 fully saturated rings. The molecule has 5 heteroatoms. The van der Waals surface area contributed by atoms with Crippen molar-refractivity contribution in [3.63, 3.8) is 0 Å².